The molecular weight excluding hydrogens is 514 g/mol. The van der Waals surface area contributed by atoms with Crippen molar-refractivity contribution in [3.8, 4) is 76.4 Å². The average Bonchev–Trinajstić information content (AvgIpc) is 3.64. The van der Waals surface area contributed by atoms with Crippen molar-refractivity contribution in [3.63, 3.8) is 0 Å². The van der Waals surface area contributed by atoms with Crippen LogP contribution in [0.4, 0.5) is 0 Å². The van der Waals surface area contributed by atoms with Gasteiger partial charge in [-0.25, -0.2) is 9.50 Å². The van der Waals surface area contributed by atoms with E-state index in [1.165, 1.54) is 0 Å². The van der Waals surface area contributed by atoms with Crippen LogP contribution in [0.5, 0.6) is 5.75 Å². The fourth-order valence-electron chi connectivity index (χ4n) is 4.00. The van der Waals surface area contributed by atoms with Gasteiger partial charge in [-0.2, -0.15) is 5.10 Å². The zero-order chi connectivity index (χ0) is 27.7. The standard InChI is InChI=1S/C34H21N3O2S/c1-4-5-6-7-8-13-20-38-30-17-12-10-15-28(30)33-29(16-11-9-14-27-18-21-40-22-19-27)37-34(35-33)32(26(3)36-37)31-23-25(2)24-39-31/h1,9-12,14-19,21-24H,2-3H3/b11-9+,29-16-. The van der Waals surface area contributed by atoms with Gasteiger partial charge in [0.2, 0.25) is 0 Å². The van der Waals surface area contributed by atoms with Crippen molar-refractivity contribution in [2.24, 2.45) is 0 Å². The molecule has 4 heterocycles. The van der Waals surface area contributed by atoms with Crippen LogP contribution in [0.1, 0.15) is 11.3 Å². The van der Waals surface area contributed by atoms with Crippen LogP contribution in [-0.2, 0) is 0 Å². The number of nitrogens with zero attached hydrogens (tertiary/aromatic N) is 3. The number of rotatable bonds is 5. The molecule has 1 aliphatic rings. The van der Waals surface area contributed by atoms with Crippen LogP contribution >= 0.6 is 11.8 Å². The molecule has 0 N–H and O–H groups in total. The number of thioether (sulfide) groups is 1. The maximum atomic E-state index is 5.83. The Hall–Kier alpha value is -5.53. The summed E-state index contributed by atoms with van der Waals surface area (Å²) in [6, 6.07) is 9.55. The monoisotopic (exact) mass is 535 g/mol. The molecule has 6 heteroatoms. The maximum Gasteiger partial charge on any atom is 0.167 e. The number of terminal acetylenes is 1. The molecule has 0 radical (unpaired) electrons. The van der Waals surface area contributed by atoms with Gasteiger partial charge in [0.05, 0.1) is 22.9 Å². The van der Waals surface area contributed by atoms with Gasteiger partial charge >= 0.3 is 0 Å². The molecule has 0 fully saturated rings. The van der Waals surface area contributed by atoms with Crippen molar-refractivity contribution in [1.29, 1.82) is 0 Å². The second kappa shape index (κ2) is 12.3. The molecule has 0 spiro atoms. The molecule has 0 saturated carbocycles. The van der Waals surface area contributed by atoms with Gasteiger partial charge in [-0.3, -0.25) is 0 Å². The third-order valence-electron chi connectivity index (χ3n) is 5.71. The molecule has 0 aliphatic carbocycles. The lowest BCUT2D eigenvalue weighted by atomic mass is 10.1. The molecule has 40 heavy (non-hydrogen) atoms. The predicted molar refractivity (Wildman–Crippen MR) is 161 cm³/mol. The SMILES string of the molecule is C#CC#CC#CC#COc1ccccc1-c1nc2c(-c3cc(C)co3)c(C)nn2/c1=C\C=C\C=C1C=CSC=C1. The Kier molecular flexibility index (Phi) is 8.05. The van der Waals surface area contributed by atoms with Gasteiger partial charge in [-0.05, 0) is 90.0 Å². The lowest BCUT2D eigenvalue weighted by molar-refractivity contribution is 0.522. The molecule has 3 aromatic heterocycles. The minimum absolute atomic E-state index is 0.537. The minimum atomic E-state index is 0.537. The van der Waals surface area contributed by atoms with Crippen LogP contribution in [-0.4, -0.2) is 14.6 Å². The number of ether oxygens (including phenoxy) is 1. The summed E-state index contributed by atoms with van der Waals surface area (Å²) in [5, 5.41) is 9.72. The third-order valence-corrected chi connectivity index (χ3v) is 6.30. The summed E-state index contributed by atoms with van der Waals surface area (Å²) in [7, 11) is 0. The van der Waals surface area contributed by atoms with Gasteiger partial charge in [0.15, 0.2) is 5.65 Å². The van der Waals surface area contributed by atoms with Crippen molar-refractivity contribution in [1.82, 2.24) is 14.6 Å². The summed E-state index contributed by atoms with van der Waals surface area (Å²) in [6.45, 7) is 3.94. The molecule has 0 saturated heterocycles. The molecule has 5 rings (SSSR count). The number of furan rings is 1. The first-order chi connectivity index (χ1) is 19.7. The summed E-state index contributed by atoms with van der Waals surface area (Å²) < 4.78 is 13.4. The van der Waals surface area contributed by atoms with E-state index in [1.54, 1.807) is 18.0 Å². The van der Waals surface area contributed by atoms with Crippen LogP contribution in [0.15, 0.2) is 87.8 Å². The van der Waals surface area contributed by atoms with Crippen molar-refractivity contribution in [2.75, 3.05) is 0 Å². The molecule has 190 valence electrons. The van der Waals surface area contributed by atoms with E-state index in [2.05, 4.69) is 53.8 Å². The molecular formula is C34H21N3O2S. The minimum Gasteiger partial charge on any atom is -0.464 e. The van der Waals surface area contributed by atoms with Crippen LogP contribution in [0.3, 0.4) is 0 Å². The Bertz CT molecular complexity index is 2000. The number of fused-ring (bicyclic) bond motifs is 1. The van der Waals surface area contributed by atoms with Crippen molar-refractivity contribution in [2.45, 2.75) is 13.8 Å². The highest BCUT2D eigenvalue weighted by molar-refractivity contribution is 8.04. The topological polar surface area (TPSA) is 52.6 Å². The van der Waals surface area contributed by atoms with Gasteiger partial charge in [0, 0.05) is 23.3 Å². The third kappa shape index (κ3) is 5.80. The van der Waals surface area contributed by atoms with Gasteiger partial charge in [-0.1, -0.05) is 30.4 Å². The first-order valence-corrected chi connectivity index (χ1v) is 13.1. The highest BCUT2D eigenvalue weighted by Crippen LogP contribution is 2.32. The van der Waals surface area contributed by atoms with Gasteiger partial charge in [0.1, 0.15) is 23.3 Å². The molecule has 1 aliphatic heterocycles. The summed E-state index contributed by atoms with van der Waals surface area (Å²) in [5.74, 6) is 16.2. The number of para-hydroxylation sites is 1. The number of aromatic nitrogens is 3. The zero-order valence-corrected chi connectivity index (χ0v) is 22.5. The molecule has 0 unspecified atom stereocenters. The zero-order valence-electron chi connectivity index (χ0n) is 21.7. The number of imidazole rings is 1. The molecule has 1 aromatic carbocycles. The number of hydrogen-bond donors (Lipinski definition) is 0. The van der Waals surface area contributed by atoms with E-state index in [0.717, 1.165) is 39.1 Å². The van der Waals surface area contributed by atoms with Gasteiger partial charge in [-0.15, -0.1) is 18.2 Å². The fourth-order valence-corrected chi connectivity index (χ4v) is 4.56. The van der Waals surface area contributed by atoms with E-state index in [-0.39, 0.29) is 0 Å². The summed E-state index contributed by atoms with van der Waals surface area (Å²) in [6.07, 6.45) is 21.6. The molecule has 5 nitrogen and oxygen atoms in total. The van der Waals surface area contributed by atoms with Crippen LogP contribution in [0, 0.1) is 61.9 Å². The first-order valence-electron chi connectivity index (χ1n) is 12.2. The normalized spacial score (nSPS) is 12.3. The fraction of sp³-hybridized carbons (Fsp3) is 0.0588. The lowest BCUT2D eigenvalue weighted by Crippen LogP contribution is -2.12. The Balaban J connectivity index is 1.62. The number of aryl methyl sites for hydroxylation is 2. The summed E-state index contributed by atoms with van der Waals surface area (Å²) in [4.78, 5) is 5.04. The first kappa shape index (κ1) is 26.1. The van der Waals surface area contributed by atoms with Crippen LogP contribution in [0.2, 0.25) is 0 Å². The van der Waals surface area contributed by atoms with Crippen LogP contribution < -0.4 is 10.1 Å². The highest BCUT2D eigenvalue weighted by atomic mass is 32.2. The van der Waals surface area contributed by atoms with E-state index in [4.69, 9.17) is 25.7 Å². The van der Waals surface area contributed by atoms with E-state index < -0.39 is 0 Å². The number of allylic oxidation sites excluding steroid dienone is 6. The second-order valence-electron chi connectivity index (χ2n) is 8.46. The molecule has 4 aromatic rings. The average molecular weight is 536 g/mol. The second-order valence-corrected chi connectivity index (χ2v) is 9.28. The Labute approximate surface area is 237 Å². The van der Waals surface area contributed by atoms with Gasteiger partial charge < -0.3 is 9.15 Å². The van der Waals surface area contributed by atoms with Crippen molar-refractivity contribution >= 4 is 23.5 Å². The number of hydrogen-bond acceptors (Lipinski definition) is 5. The Morgan fingerprint density at radius 3 is 2.58 bits per heavy atom. The lowest BCUT2D eigenvalue weighted by Gasteiger charge is -2.04. The molecule has 0 amide bonds. The molecule has 0 bridgehead atoms. The Morgan fingerprint density at radius 2 is 1.77 bits per heavy atom. The molecule has 0 atom stereocenters. The van der Waals surface area contributed by atoms with E-state index in [9.17, 15) is 0 Å². The van der Waals surface area contributed by atoms with E-state index >= 15 is 0 Å². The Morgan fingerprint density at radius 1 is 1.00 bits per heavy atom. The van der Waals surface area contributed by atoms with Crippen molar-refractivity contribution < 1.29 is 9.15 Å². The van der Waals surface area contributed by atoms with Crippen molar-refractivity contribution in [3.05, 3.63) is 100.0 Å². The number of benzene rings is 1. The van der Waals surface area contributed by atoms with E-state index in [1.807, 2.05) is 83.8 Å². The predicted octanol–water partition coefficient (Wildman–Crippen LogP) is 6.01. The summed E-state index contributed by atoms with van der Waals surface area (Å²) >= 11 is 1.65. The largest absolute Gasteiger partial charge is 0.464 e. The van der Waals surface area contributed by atoms with Gasteiger partial charge in [0.25, 0.3) is 0 Å². The van der Waals surface area contributed by atoms with Crippen LogP contribution in [0.25, 0.3) is 34.3 Å². The smallest absolute Gasteiger partial charge is 0.167 e. The maximum absolute atomic E-state index is 5.83. The highest BCUT2D eigenvalue weighted by Gasteiger charge is 2.21. The quantitative estimate of drug-likeness (QED) is 0.293. The van der Waals surface area contributed by atoms with E-state index in [0.29, 0.717) is 17.1 Å². The summed E-state index contributed by atoms with van der Waals surface area (Å²) in [5.41, 5.74) is 5.95.